The zero-order valence-corrected chi connectivity index (χ0v) is 29.0. The third-order valence-electron chi connectivity index (χ3n) is 12.1. The molecule has 4 aliphatic heterocycles. The Morgan fingerprint density at radius 3 is 2.52 bits per heavy atom. The highest BCUT2D eigenvalue weighted by atomic mass is 19.1. The van der Waals surface area contributed by atoms with Crippen molar-refractivity contribution in [3.8, 4) is 0 Å². The van der Waals surface area contributed by atoms with Gasteiger partial charge in [-0.25, -0.2) is 9.18 Å². The number of nitrogens with one attached hydrogen (secondary N) is 2. The number of rotatable bonds is 7. The fourth-order valence-electron chi connectivity index (χ4n) is 9.94. The number of nitrogens with zero attached hydrogens (tertiary/aromatic N) is 3. The Morgan fingerprint density at radius 1 is 1.02 bits per heavy atom. The van der Waals surface area contributed by atoms with E-state index in [1.165, 1.54) is 25.7 Å². The average molecular weight is 674 g/mol. The van der Waals surface area contributed by atoms with Gasteiger partial charge < -0.3 is 29.7 Å². The number of ether oxygens (including phenoxy) is 3. The van der Waals surface area contributed by atoms with Gasteiger partial charge in [0.1, 0.15) is 11.8 Å². The van der Waals surface area contributed by atoms with Gasteiger partial charge in [-0.3, -0.25) is 19.4 Å². The zero-order valence-electron chi connectivity index (χ0n) is 29.0. The molecule has 2 amide bonds. The van der Waals surface area contributed by atoms with Crippen molar-refractivity contribution in [3.63, 3.8) is 0 Å². The highest BCUT2D eigenvalue weighted by Gasteiger charge is 2.61. The van der Waals surface area contributed by atoms with Crippen molar-refractivity contribution in [1.29, 1.82) is 0 Å². The van der Waals surface area contributed by atoms with Crippen LogP contribution in [0, 0.1) is 17.8 Å². The van der Waals surface area contributed by atoms with Crippen molar-refractivity contribution in [1.82, 2.24) is 25.3 Å². The molecule has 10 atom stereocenters. The van der Waals surface area contributed by atoms with Crippen LogP contribution in [0.1, 0.15) is 78.6 Å². The summed E-state index contributed by atoms with van der Waals surface area (Å²) in [4.78, 5) is 47.0. The maximum Gasteiger partial charge on any atom is 0.407 e. The number of ketones is 1. The van der Waals surface area contributed by atoms with E-state index >= 15 is 4.39 Å². The molecule has 268 valence electrons. The zero-order chi connectivity index (χ0) is 33.6. The van der Waals surface area contributed by atoms with Crippen LogP contribution in [0.5, 0.6) is 0 Å². The number of alkyl carbamates (subject to hydrolysis) is 1. The van der Waals surface area contributed by atoms with Gasteiger partial charge in [-0.2, -0.15) is 0 Å². The van der Waals surface area contributed by atoms with Crippen LogP contribution in [0.25, 0.3) is 0 Å². The second kappa shape index (κ2) is 14.2. The number of fused-ring (bicyclic) bond motifs is 3. The number of carbonyl (C=O) groups is 3. The molecule has 0 aromatic heterocycles. The van der Waals surface area contributed by atoms with Gasteiger partial charge in [0.15, 0.2) is 5.78 Å². The molecule has 48 heavy (non-hydrogen) atoms. The Balaban J connectivity index is 1.09. The van der Waals surface area contributed by atoms with Gasteiger partial charge in [-0.15, -0.1) is 0 Å². The molecule has 0 bridgehead atoms. The lowest BCUT2D eigenvalue weighted by atomic mass is 9.64. The molecule has 7 aliphatic rings. The summed E-state index contributed by atoms with van der Waals surface area (Å²) in [6.07, 6.45) is 7.91. The molecule has 2 N–H and O–H groups in total. The van der Waals surface area contributed by atoms with Crippen LogP contribution in [-0.4, -0.2) is 133 Å². The first-order chi connectivity index (χ1) is 23.1. The van der Waals surface area contributed by atoms with Crippen molar-refractivity contribution in [3.05, 3.63) is 11.8 Å². The fourth-order valence-corrected chi connectivity index (χ4v) is 9.94. The third-order valence-corrected chi connectivity index (χ3v) is 12.1. The van der Waals surface area contributed by atoms with Gasteiger partial charge in [-0.05, 0) is 71.3 Å². The molecule has 4 heterocycles. The van der Waals surface area contributed by atoms with Gasteiger partial charge in [0, 0.05) is 50.9 Å². The topological polar surface area (TPSA) is 113 Å². The Bertz CT molecular complexity index is 1240. The molecular formula is C36H56FN5O6. The highest BCUT2D eigenvalue weighted by Crippen LogP contribution is 2.51. The minimum absolute atomic E-state index is 0.0658. The van der Waals surface area contributed by atoms with E-state index < -0.39 is 35.9 Å². The van der Waals surface area contributed by atoms with Crippen molar-refractivity contribution >= 4 is 17.8 Å². The molecule has 0 aromatic carbocycles. The Hall–Kier alpha value is -2.28. The first-order valence-electron chi connectivity index (χ1n) is 18.7. The lowest BCUT2D eigenvalue weighted by Gasteiger charge is -2.61. The summed E-state index contributed by atoms with van der Waals surface area (Å²) < 4.78 is 34.5. The van der Waals surface area contributed by atoms with Gasteiger partial charge in [-0.1, -0.05) is 25.7 Å². The monoisotopic (exact) mass is 673 g/mol. The number of likely N-dealkylation sites (tertiary alicyclic amines) is 1. The minimum Gasteiger partial charge on any atom is -0.444 e. The van der Waals surface area contributed by atoms with Crippen LogP contribution in [-0.2, 0) is 23.8 Å². The number of carbonyl (C=O) groups excluding carboxylic acids is 3. The van der Waals surface area contributed by atoms with E-state index in [0.717, 1.165) is 52.1 Å². The summed E-state index contributed by atoms with van der Waals surface area (Å²) in [5.41, 5.74) is -0.432. The van der Waals surface area contributed by atoms with E-state index in [4.69, 9.17) is 14.2 Å². The van der Waals surface area contributed by atoms with Crippen molar-refractivity contribution in [2.24, 2.45) is 17.8 Å². The normalized spacial score (nSPS) is 38.7. The van der Waals surface area contributed by atoms with E-state index in [9.17, 15) is 14.4 Å². The molecule has 3 aliphatic carbocycles. The number of hydrogen-bond acceptors (Lipinski definition) is 9. The predicted molar refractivity (Wildman–Crippen MR) is 177 cm³/mol. The molecule has 0 spiro atoms. The van der Waals surface area contributed by atoms with Crippen molar-refractivity contribution in [2.75, 3.05) is 52.5 Å². The summed E-state index contributed by atoms with van der Waals surface area (Å²) in [5.74, 6) is -0.0152. The minimum atomic E-state index is -1.29. The van der Waals surface area contributed by atoms with Gasteiger partial charge in [0.25, 0.3) is 5.91 Å². The molecule has 6 fully saturated rings. The van der Waals surface area contributed by atoms with Crippen LogP contribution in [0.4, 0.5) is 9.18 Å². The lowest BCUT2D eigenvalue weighted by molar-refractivity contribution is -0.219. The molecule has 11 nitrogen and oxygen atoms in total. The smallest absolute Gasteiger partial charge is 0.407 e. The molecule has 3 saturated carbocycles. The average Bonchev–Trinajstić information content (AvgIpc) is 3.50. The largest absolute Gasteiger partial charge is 0.444 e. The molecular weight excluding hydrogens is 617 g/mol. The predicted octanol–water partition coefficient (Wildman–Crippen LogP) is 3.02. The maximum absolute atomic E-state index is 16.6. The number of morpholine rings is 2. The van der Waals surface area contributed by atoms with Crippen LogP contribution in [0.2, 0.25) is 0 Å². The first kappa shape index (κ1) is 34.2. The fraction of sp³-hybridized carbons (Fsp3) is 0.861. The van der Waals surface area contributed by atoms with E-state index in [1.807, 2.05) is 27.0 Å². The quantitative estimate of drug-likeness (QED) is 0.311. The number of halogens is 1. The lowest BCUT2D eigenvalue weighted by Crippen LogP contribution is -2.73. The van der Waals surface area contributed by atoms with Crippen LogP contribution < -0.4 is 10.6 Å². The summed E-state index contributed by atoms with van der Waals surface area (Å²) in [5, 5.41) is 6.00. The molecule has 0 radical (unpaired) electrons. The standard InChI is InChI=1S/C36H56FN5O6/c1-36(2,3)48-35(45)39-24-9-12-41(20-24)31-27(37)19-25-30-33(31)47-29-18-23-8-5-4-7-22(23)17-28(29)42(30)21-26(32(25)43)34(44)38-10-6-11-40-13-15-46-16-14-40/h21-25,27-31,33H,4-20H2,1-3H3,(H,38,44)(H,39,45)/t22?,23?,24-,25?,27?,28?,29?,30?,31?,33?/m1/s1. The molecule has 0 aromatic rings. The van der Waals surface area contributed by atoms with Gasteiger partial charge >= 0.3 is 6.09 Å². The van der Waals surface area contributed by atoms with Crippen molar-refractivity contribution < 1.29 is 33.0 Å². The molecule has 7 rings (SSSR count). The van der Waals surface area contributed by atoms with Crippen LogP contribution in [0.3, 0.4) is 0 Å². The number of amides is 2. The molecule has 12 heteroatoms. The van der Waals surface area contributed by atoms with Gasteiger partial charge in [0.2, 0.25) is 0 Å². The number of hydrogen-bond donors (Lipinski definition) is 2. The second-order valence-electron chi connectivity index (χ2n) is 16.4. The van der Waals surface area contributed by atoms with Gasteiger partial charge in [0.05, 0.1) is 49.1 Å². The Labute approximate surface area is 284 Å². The Kier molecular flexibility index (Phi) is 10.1. The van der Waals surface area contributed by atoms with E-state index in [0.29, 0.717) is 37.9 Å². The Morgan fingerprint density at radius 2 is 1.77 bits per heavy atom. The number of alkyl halides is 1. The summed E-state index contributed by atoms with van der Waals surface area (Å²) >= 11 is 0. The second-order valence-corrected chi connectivity index (χ2v) is 16.4. The maximum atomic E-state index is 16.6. The first-order valence-corrected chi connectivity index (χ1v) is 18.7. The summed E-state index contributed by atoms with van der Waals surface area (Å²) in [6.45, 7) is 11.2. The highest BCUT2D eigenvalue weighted by molar-refractivity contribution is 6.20. The molecule has 9 unspecified atom stereocenters. The van der Waals surface area contributed by atoms with Crippen molar-refractivity contribution in [2.45, 2.75) is 127 Å². The summed E-state index contributed by atoms with van der Waals surface area (Å²) in [7, 11) is 0. The van der Waals surface area contributed by atoms with E-state index in [1.54, 1.807) is 0 Å². The van der Waals surface area contributed by atoms with E-state index in [-0.39, 0.29) is 47.9 Å². The molecule has 3 saturated heterocycles. The summed E-state index contributed by atoms with van der Waals surface area (Å²) in [6, 6.07) is -0.920. The van der Waals surface area contributed by atoms with Crippen LogP contribution in [0.15, 0.2) is 11.8 Å². The SMILES string of the molecule is CC(C)(C)OC(=O)N[C@@H]1CCN(C2C(F)CC3C(=O)C(C(=O)NCCCN4CCOCC4)=CN4C5CC6CCCCC6CC5OC2C34)C1. The third kappa shape index (κ3) is 7.14. The van der Waals surface area contributed by atoms with E-state index in [2.05, 4.69) is 25.3 Å². The van der Waals surface area contributed by atoms with Crippen LogP contribution >= 0.6 is 0 Å². The number of Topliss-reactive ketones (excluding diaryl/α,β-unsaturated/α-hetero) is 1.